The fraction of sp³-hybridized carbons (Fsp3) is 0.312. The van der Waals surface area contributed by atoms with Crippen molar-refractivity contribution in [3.05, 3.63) is 51.9 Å². The minimum atomic E-state index is -3.57. The Morgan fingerprint density at radius 1 is 1.12 bits per heavy atom. The van der Waals surface area contributed by atoms with Crippen molar-refractivity contribution in [1.82, 2.24) is 9.62 Å². The summed E-state index contributed by atoms with van der Waals surface area (Å²) < 4.78 is 27.5. The average Bonchev–Trinajstić information content (AvgIpc) is 3.24. The highest BCUT2D eigenvalue weighted by atomic mass is 35.5. The van der Waals surface area contributed by atoms with E-state index in [0.29, 0.717) is 9.90 Å². The van der Waals surface area contributed by atoms with Gasteiger partial charge < -0.3 is 4.90 Å². The lowest BCUT2D eigenvalue weighted by molar-refractivity contribution is 0.0793. The molecule has 0 saturated carbocycles. The summed E-state index contributed by atoms with van der Waals surface area (Å²) in [5, 5.41) is 0. The smallest absolute Gasteiger partial charge is 0.253 e. The van der Waals surface area contributed by atoms with Gasteiger partial charge in [-0.1, -0.05) is 23.7 Å². The van der Waals surface area contributed by atoms with E-state index in [2.05, 4.69) is 4.72 Å². The Balaban J connectivity index is 1.63. The zero-order valence-electron chi connectivity index (χ0n) is 12.9. The molecule has 5 nitrogen and oxygen atoms in total. The second-order valence-corrected chi connectivity index (χ2v) is 9.29. The van der Waals surface area contributed by atoms with Crippen molar-refractivity contribution < 1.29 is 13.2 Å². The summed E-state index contributed by atoms with van der Waals surface area (Å²) in [4.78, 5) is 14.1. The van der Waals surface area contributed by atoms with Crippen LogP contribution in [0.3, 0.4) is 0 Å². The van der Waals surface area contributed by atoms with Crippen molar-refractivity contribution in [1.29, 1.82) is 0 Å². The highest BCUT2D eigenvalue weighted by Crippen LogP contribution is 2.25. The Hall–Kier alpha value is -1.41. The summed E-state index contributed by atoms with van der Waals surface area (Å²) in [5.41, 5.74) is 1.42. The van der Waals surface area contributed by atoms with E-state index >= 15 is 0 Å². The molecular weight excluding hydrogens is 368 g/mol. The number of carbonyl (C=O) groups excluding carboxylic acids is 1. The Bertz CT molecular complexity index is 825. The quantitative estimate of drug-likeness (QED) is 0.861. The van der Waals surface area contributed by atoms with Crippen LogP contribution in [-0.4, -0.2) is 32.3 Å². The van der Waals surface area contributed by atoms with Gasteiger partial charge in [-0.25, -0.2) is 13.1 Å². The Kier molecular flexibility index (Phi) is 5.24. The van der Waals surface area contributed by atoms with E-state index in [4.69, 9.17) is 11.6 Å². The topological polar surface area (TPSA) is 66.5 Å². The molecule has 1 fully saturated rings. The maximum atomic E-state index is 12.3. The Morgan fingerprint density at radius 2 is 1.79 bits per heavy atom. The maximum absolute atomic E-state index is 12.3. The summed E-state index contributed by atoms with van der Waals surface area (Å²) >= 11 is 6.79. The van der Waals surface area contributed by atoms with E-state index < -0.39 is 10.0 Å². The molecule has 1 aromatic carbocycles. The summed E-state index contributed by atoms with van der Waals surface area (Å²) in [7, 11) is -3.57. The minimum Gasteiger partial charge on any atom is -0.339 e. The van der Waals surface area contributed by atoms with Gasteiger partial charge in [0, 0.05) is 25.2 Å². The van der Waals surface area contributed by atoms with Crippen LogP contribution in [0.2, 0.25) is 4.34 Å². The molecule has 0 spiro atoms. The van der Waals surface area contributed by atoms with Crippen molar-refractivity contribution in [2.75, 3.05) is 13.1 Å². The first-order chi connectivity index (χ1) is 11.5. The zero-order chi connectivity index (χ0) is 17.2. The highest BCUT2D eigenvalue weighted by molar-refractivity contribution is 7.91. The molecule has 2 heterocycles. The largest absolute Gasteiger partial charge is 0.339 e. The number of hydrogen-bond donors (Lipinski definition) is 1. The van der Waals surface area contributed by atoms with Crippen LogP contribution < -0.4 is 4.72 Å². The highest BCUT2D eigenvalue weighted by Gasteiger charge is 2.19. The second kappa shape index (κ2) is 7.23. The van der Waals surface area contributed by atoms with Crippen LogP contribution in [0.1, 0.15) is 28.8 Å². The fourth-order valence-electron chi connectivity index (χ4n) is 2.56. The van der Waals surface area contributed by atoms with Crippen LogP contribution in [0, 0.1) is 0 Å². The van der Waals surface area contributed by atoms with Gasteiger partial charge >= 0.3 is 0 Å². The predicted molar refractivity (Wildman–Crippen MR) is 94.9 cm³/mol. The second-order valence-electron chi connectivity index (χ2n) is 5.58. The zero-order valence-corrected chi connectivity index (χ0v) is 15.3. The lowest BCUT2D eigenvalue weighted by atomic mass is 10.1. The van der Waals surface area contributed by atoms with Gasteiger partial charge in [-0.3, -0.25) is 4.79 Å². The van der Waals surface area contributed by atoms with Crippen molar-refractivity contribution >= 4 is 38.9 Å². The molecule has 1 N–H and O–H groups in total. The van der Waals surface area contributed by atoms with Gasteiger partial charge in [-0.2, -0.15) is 0 Å². The van der Waals surface area contributed by atoms with Gasteiger partial charge in [-0.05, 0) is 42.7 Å². The molecule has 0 atom stereocenters. The van der Waals surface area contributed by atoms with Crippen molar-refractivity contribution in [2.24, 2.45) is 0 Å². The van der Waals surface area contributed by atoms with Gasteiger partial charge in [0.15, 0.2) is 0 Å². The van der Waals surface area contributed by atoms with Gasteiger partial charge in [-0.15, -0.1) is 11.3 Å². The third-order valence-electron chi connectivity index (χ3n) is 3.87. The third kappa shape index (κ3) is 3.97. The predicted octanol–water partition coefficient (Wildman–Crippen LogP) is 3.12. The molecule has 1 aliphatic heterocycles. The normalized spacial score (nSPS) is 15.0. The van der Waals surface area contributed by atoms with Crippen molar-refractivity contribution in [2.45, 2.75) is 23.6 Å². The molecule has 0 aliphatic carbocycles. The van der Waals surface area contributed by atoms with Crippen LogP contribution in [0.15, 0.2) is 40.6 Å². The molecule has 2 aromatic rings. The van der Waals surface area contributed by atoms with E-state index in [1.807, 2.05) is 4.90 Å². The molecule has 0 bridgehead atoms. The first kappa shape index (κ1) is 17.4. The molecule has 24 heavy (non-hydrogen) atoms. The van der Waals surface area contributed by atoms with Crippen molar-refractivity contribution in [3.8, 4) is 0 Å². The molecule has 1 aromatic heterocycles. The van der Waals surface area contributed by atoms with Crippen LogP contribution in [-0.2, 0) is 16.6 Å². The van der Waals surface area contributed by atoms with Gasteiger partial charge in [0.2, 0.25) is 10.0 Å². The summed E-state index contributed by atoms with van der Waals surface area (Å²) in [6.07, 6.45) is 2.11. The number of amides is 1. The number of likely N-dealkylation sites (tertiary alicyclic amines) is 1. The Labute approximate surface area is 150 Å². The molecule has 1 amide bonds. The molecule has 128 valence electrons. The van der Waals surface area contributed by atoms with Crippen LogP contribution in [0.5, 0.6) is 0 Å². The standard InChI is InChI=1S/C16H17ClN2O3S2/c17-14-7-8-15(23-14)24(21,22)18-11-12-3-5-13(6-4-12)16(20)19-9-1-2-10-19/h3-8,18H,1-2,9-11H2. The fourth-order valence-corrected chi connectivity index (χ4v) is 5.10. The number of sulfonamides is 1. The van der Waals surface area contributed by atoms with Gasteiger partial charge in [0.1, 0.15) is 4.21 Å². The van der Waals surface area contributed by atoms with Gasteiger partial charge in [0.25, 0.3) is 5.91 Å². The van der Waals surface area contributed by atoms with E-state index in [1.54, 1.807) is 30.3 Å². The summed E-state index contributed by atoms with van der Waals surface area (Å²) in [5.74, 6) is 0.0351. The van der Waals surface area contributed by atoms with Gasteiger partial charge in [0.05, 0.1) is 4.34 Å². The number of benzene rings is 1. The number of hydrogen-bond acceptors (Lipinski definition) is 4. The molecule has 8 heteroatoms. The first-order valence-electron chi connectivity index (χ1n) is 7.59. The van der Waals surface area contributed by atoms with E-state index in [-0.39, 0.29) is 16.7 Å². The SMILES string of the molecule is O=C(c1ccc(CNS(=O)(=O)c2ccc(Cl)s2)cc1)N1CCCC1. The average molecular weight is 385 g/mol. The Morgan fingerprint density at radius 3 is 2.38 bits per heavy atom. The number of nitrogens with one attached hydrogen (secondary N) is 1. The van der Waals surface area contributed by atoms with Crippen molar-refractivity contribution in [3.63, 3.8) is 0 Å². The molecular formula is C16H17ClN2O3S2. The number of nitrogens with zero attached hydrogens (tertiary/aromatic N) is 1. The van der Waals surface area contributed by atoms with Crippen LogP contribution in [0.25, 0.3) is 0 Å². The molecule has 0 unspecified atom stereocenters. The summed E-state index contributed by atoms with van der Waals surface area (Å²) in [6, 6.07) is 10.1. The number of thiophene rings is 1. The molecule has 0 radical (unpaired) electrons. The van der Waals surface area contributed by atoms with Crippen LogP contribution >= 0.6 is 22.9 Å². The number of carbonyl (C=O) groups is 1. The molecule has 1 aliphatic rings. The van der Waals surface area contributed by atoms with E-state index in [1.165, 1.54) is 6.07 Å². The molecule has 1 saturated heterocycles. The monoisotopic (exact) mass is 384 g/mol. The first-order valence-corrected chi connectivity index (χ1v) is 10.3. The van der Waals surface area contributed by atoms with E-state index in [9.17, 15) is 13.2 Å². The molecule has 3 rings (SSSR count). The minimum absolute atomic E-state index is 0.0351. The number of rotatable bonds is 5. The van der Waals surface area contributed by atoms with E-state index in [0.717, 1.165) is 42.8 Å². The lowest BCUT2D eigenvalue weighted by Gasteiger charge is -2.15. The lowest BCUT2D eigenvalue weighted by Crippen LogP contribution is -2.27. The van der Waals surface area contributed by atoms with Crippen LogP contribution in [0.4, 0.5) is 0 Å². The number of halogens is 1. The maximum Gasteiger partial charge on any atom is 0.253 e. The summed E-state index contributed by atoms with van der Waals surface area (Å²) in [6.45, 7) is 1.78. The third-order valence-corrected chi connectivity index (χ3v) is 7.00.